The molecule has 1 fully saturated rings. The number of anilines is 1. The van der Waals surface area contributed by atoms with Gasteiger partial charge in [0.15, 0.2) is 5.82 Å². The van der Waals surface area contributed by atoms with Crippen molar-refractivity contribution in [1.82, 2.24) is 24.6 Å². The Bertz CT molecular complexity index is 1650. The van der Waals surface area contributed by atoms with E-state index in [4.69, 9.17) is 9.97 Å². The second-order valence-electron chi connectivity index (χ2n) is 10.5. The van der Waals surface area contributed by atoms with E-state index in [0.717, 1.165) is 52.3 Å². The smallest absolute Gasteiger partial charge is 0.257 e. The van der Waals surface area contributed by atoms with Gasteiger partial charge in [-0.1, -0.05) is 61.9 Å². The van der Waals surface area contributed by atoms with Crippen LogP contribution in [0.15, 0.2) is 79.0 Å². The van der Waals surface area contributed by atoms with E-state index in [1.807, 2.05) is 58.1 Å². The van der Waals surface area contributed by atoms with Crippen LogP contribution in [0.2, 0.25) is 0 Å². The lowest BCUT2D eigenvalue weighted by Crippen LogP contribution is -2.49. The third-order valence-corrected chi connectivity index (χ3v) is 7.76. The quantitative estimate of drug-likeness (QED) is 0.269. The first kappa shape index (κ1) is 25.7. The van der Waals surface area contributed by atoms with Crippen LogP contribution in [0.3, 0.4) is 0 Å². The van der Waals surface area contributed by atoms with Crippen LogP contribution in [0.4, 0.5) is 5.82 Å². The summed E-state index contributed by atoms with van der Waals surface area (Å²) < 4.78 is 1.91. The summed E-state index contributed by atoms with van der Waals surface area (Å²) in [6, 6.07) is 24.5. The van der Waals surface area contributed by atoms with Crippen molar-refractivity contribution in [2.24, 2.45) is 0 Å². The topological polar surface area (TPSA) is 67.2 Å². The molecule has 1 aliphatic rings. The van der Waals surface area contributed by atoms with Gasteiger partial charge in [-0.15, -0.1) is 0 Å². The number of nitrogens with zero attached hydrogens (tertiary/aromatic N) is 6. The molecule has 1 aliphatic heterocycles. The van der Waals surface area contributed by atoms with Crippen molar-refractivity contribution in [3.63, 3.8) is 0 Å². The predicted octanol–water partition coefficient (Wildman–Crippen LogP) is 6.01. The Kier molecular flexibility index (Phi) is 7.03. The lowest BCUT2D eigenvalue weighted by molar-refractivity contribution is 0.0745. The standard InChI is InChI=1S/C33H34N6O/c1-4-11-30-27(22-34-39(30)26-14-9-6-10-15-26)33(40)38-18-16-37(17-19-38)32-31(25-12-7-5-8-13-25)35-28-20-23(2)24(3)21-29(28)36-32/h5-10,12-15,20-22H,4,11,16-19H2,1-3H3. The summed E-state index contributed by atoms with van der Waals surface area (Å²) in [5.41, 5.74) is 8.77. The lowest BCUT2D eigenvalue weighted by atomic mass is 10.1. The fraction of sp³-hybridized carbons (Fsp3) is 0.273. The van der Waals surface area contributed by atoms with Gasteiger partial charge in [0.1, 0.15) is 5.69 Å². The average Bonchev–Trinajstić information content (AvgIpc) is 3.41. The minimum Gasteiger partial charge on any atom is -0.351 e. The van der Waals surface area contributed by atoms with Crippen LogP contribution in [0.1, 0.15) is 40.5 Å². The maximum atomic E-state index is 13.7. The Morgan fingerprint density at radius 3 is 2.10 bits per heavy atom. The molecule has 7 heteroatoms. The number of benzene rings is 3. The third kappa shape index (κ3) is 4.83. The van der Waals surface area contributed by atoms with Gasteiger partial charge >= 0.3 is 0 Å². The van der Waals surface area contributed by atoms with Gasteiger partial charge in [0.05, 0.1) is 34.2 Å². The highest BCUT2D eigenvalue weighted by Gasteiger charge is 2.28. The number of para-hydroxylation sites is 1. The Morgan fingerprint density at radius 2 is 1.45 bits per heavy atom. The molecular formula is C33H34N6O. The third-order valence-electron chi connectivity index (χ3n) is 7.76. The van der Waals surface area contributed by atoms with E-state index in [1.165, 1.54) is 11.1 Å². The molecule has 5 aromatic rings. The molecule has 3 aromatic carbocycles. The summed E-state index contributed by atoms with van der Waals surface area (Å²) in [4.78, 5) is 28.2. The van der Waals surface area contributed by atoms with Gasteiger partial charge in [0.25, 0.3) is 5.91 Å². The molecule has 0 radical (unpaired) electrons. The van der Waals surface area contributed by atoms with Crippen molar-refractivity contribution in [3.8, 4) is 16.9 Å². The highest BCUT2D eigenvalue weighted by Crippen LogP contribution is 2.31. The minimum absolute atomic E-state index is 0.0456. The summed E-state index contributed by atoms with van der Waals surface area (Å²) in [6.45, 7) is 8.95. The fourth-order valence-electron chi connectivity index (χ4n) is 5.43. The number of carbonyl (C=O) groups excluding carboxylic acids is 1. The molecule has 1 saturated heterocycles. The molecule has 7 nitrogen and oxygen atoms in total. The van der Waals surface area contributed by atoms with E-state index in [0.29, 0.717) is 31.7 Å². The van der Waals surface area contributed by atoms with Crippen LogP contribution in [-0.2, 0) is 6.42 Å². The molecule has 0 unspecified atom stereocenters. The van der Waals surface area contributed by atoms with E-state index >= 15 is 0 Å². The van der Waals surface area contributed by atoms with Crippen molar-refractivity contribution < 1.29 is 4.79 Å². The van der Waals surface area contributed by atoms with E-state index in [-0.39, 0.29) is 5.91 Å². The maximum Gasteiger partial charge on any atom is 0.257 e. The van der Waals surface area contributed by atoms with Crippen LogP contribution in [0, 0.1) is 13.8 Å². The Hall–Kier alpha value is -4.52. The first-order valence-electron chi connectivity index (χ1n) is 14.0. The molecule has 0 bridgehead atoms. The number of rotatable bonds is 6. The highest BCUT2D eigenvalue weighted by atomic mass is 16.2. The number of amides is 1. The zero-order chi connectivity index (χ0) is 27.6. The average molecular weight is 531 g/mol. The van der Waals surface area contributed by atoms with Crippen molar-refractivity contribution >= 4 is 22.8 Å². The minimum atomic E-state index is 0.0456. The largest absolute Gasteiger partial charge is 0.351 e. The number of fused-ring (bicyclic) bond motifs is 1. The van der Waals surface area contributed by atoms with Gasteiger partial charge in [-0.25, -0.2) is 14.6 Å². The monoisotopic (exact) mass is 530 g/mol. The zero-order valence-corrected chi connectivity index (χ0v) is 23.3. The summed E-state index contributed by atoms with van der Waals surface area (Å²) in [6.07, 6.45) is 3.47. The molecule has 0 atom stereocenters. The molecule has 1 amide bonds. The number of aromatic nitrogens is 4. The van der Waals surface area contributed by atoms with Crippen molar-refractivity contribution in [1.29, 1.82) is 0 Å². The summed E-state index contributed by atoms with van der Waals surface area (Å²) in [5.74, 6) is 0.918. The van der Waals surface area contributed by atoms with Crippen LogP contribution in [0.5, 0.6) is 0 Å². The summed E-state index contributed by atoms with van der Waals surface area (Å²) >= 11 is 0. The van der Waals surface area contributed by atoms with E-state index in [9.17, 15) is 4.79 Å². The van der Waals surface area contributed by atoms with Crippen LogP contribution >= 0.6 is 0 Å². The van der Waals surface area contributed by atoms with Crippen molar-refractivity contribution in [2.75, 3.05) is 31.1 Å². The molecule has 0 saturated carbocycles. The van der Waals surface area contributed by atoms with Gasteiger partial charge in [-0.2, -0.15) is 5.10 Å². The molecule has 0 aliphatic carbocycles. The second-order valence-corrected chi connectivity index (χ2v) is 10.5. The first-order chi connectivity index (χ1) is 19.5. The molecule has 40 heavy (non-hydrogen) atoms. The van der Waals surface area contributed by atoms with Gasteiger partial charge < -0.3 is 9.80 Å². The number of aryl methyl sites for hydroxylation is 2. The van der Waals surface area contributed by atoms with Crippen molar-refractivity contribution in [3.05, 3.63) is 101 Å². The van der Waals surface area contributed by atoms with Gasteiger partial charge in [-0.05, 0) is 55.7 Å². The van der Waals surface area contributed by atoms with Crippen LogP contribution in [-0.4, -0.2) is 56.7 Å². The molecule has 0 N–H and O–H groups in total. The van der Waals surface area contributed by atoms with E-state index in [2.05, 4.69) is 55.0 Å². The number of hydrogen-bond acceptors (Lipinski definition) is 5. The van der Waals surface area contributed by atoms with Crippen molar-refractivity contribution in [2.45, 2.75) is 33.6 Å². The SMILES string of the molecule is CCCc1c(C(=O)N2CCN(c3nc4cc(C)c(C)cc4nc3-c3ccccc3)CC2)cnn1-c1ccccc1. The Labute approximate surface area is 235 Å². The molecule has 6 rings (SSSR count). The molecule has 0 spiro atoms. The first-order valence-corrected chi connectivity index (χ1v) is 14.0. The number of piperazine rings is 1. The number of hydrogen-bond donors (Lipinski definition) is 0. The molecule has 202 valence electrons. The Morgan fingerprint density at radius 1 is 0.825 bits per heavy atom. The van der Waals surface area contributed by atoms with Gasteiger partial charge in [-0.3, -0.25) is 4.79 Å². The molecule has 2 aromatic heterocycles. The highest BCUT2D eigenvalue weighted by molar-refractivity contribution is 5.95. The molecular weight excluding hydrogens is 496 g/mol. The van der Waals surface area contributed by atoms with Crippen LogP contribution < -0.4 is 4.90 Å². The fourth-order valence-corrected chi connectivity index (χ4v) is 5.43. The number of carbonyl (C=O) groups is 1. The Balaban J connectivity index is 1.28. The van der Waals surface area contributed by atoms with Gasteiger partial charge in [0.2, 0.25) is 0 Å². The summed E-state index contributed by atoms with van der Waals surface area (Å²) in [7, 11) is 0. The normalized spacial score (nSPS) is 13.7. The maximum absolute atomic E-state index is 13.7. The van der Waals surface area contributed by atoms with Crippen LogP contribution in [0.25, 0.3) is 28.0 Å². The lowest BCUT2D eigenvalue weighted by Gasteiger charge is -2.36. The second kappa shape index (κ2) is 10.9. The predicted molar refractivity (Wildman–Crippen MR) is 160 cm³/mol. The summed E-state index contributed by atoms with van der Waals surface area (Å²) in [5, 5.41) is 4.61. The molecule has 3 heterocycles. The van der Waals surface area contributed by atoms with Gasteiger partial charge in [0, 0.05) is 31.7 Å². The van der Waals surface area contributed by atoms with E-state index in [1.54, 1.807) is 6.20 Å². The zero-order valence-electron chi connectivity index (χ0n) is 23.3. The van der Waals surface area contributed by atoms with E-state index < -0.39 is 0 Å².